The van der Waals surface area contributed by atoms with Crippen molar-refractivity contribution in [3.63, 3.8) is 0 Å². The van der Waals surface area contributed by atoms with E-state index in [4.69, 9.17) is 0 Å². The summed E-state index contributed by atoms with van der Waals surface area (Å²) in [6, 6.07) is 23.8. The molecule has 0 radical (unpaired) electrons. The minimum atomic E-state index is 0.284. The zero-order valence-electron chi connectivity index (χ0n) is 10.8. The Kier molecular flexibility index (Phi) is 3.57. The molecule has 3 aromatic rings. The molecule has 0 aliphatic carbocycles. The van der Waals surface area contributed by atoms with Crippen LogP contribution in [0.25, 0.3) is 22.3 Å². The summed E-state index contributed by atoms with van der Waals surface area (Å²) < 4.78 is 1.06. The number of hydrogen-bond donors (Lipinski definition) is 1. The number of aromatic hydroxyl groups is 1. The normalized spacial score (nSPS) is 10.4. The van der Waals surface area contributed by atoms with Crippen LogP contribution in [0.1, 0.15) is 0 Å². The molecule has 0 bridgehead atoms. The van der Waals surface area contributed by atoms with E-state index < -0.39 is 0 Å². The lowest BCUT2D eigenvalue weighted by atomic mass is 9.94. The molecule has 0 fully saturated rings. The number of phenolic OH excluding ortho intramolecular Hbond substituents is 1. The van der Waals surface area contributed by atoms with Gasteiger partial charge in [0.25, 0.3) is 0 Å². The Balaban J connectivity index is 2.18. The van der Waals surface area contributed by atoms with E-state index in [1.807, 2.05) is 36.4 Å². The van der Waals surface area contributed by atoms with E-state index >= 15 is 0 Å². The van der Waals surface area contributed by atoms with E-state index in [1.54, 1.807) is 12.1 Å². The summed E-state index contributed by atoms with van der Waals surface area (Å²) in [6.07, 6.45) is 0. The van der Waals surface area contributed by atoms with Crippen molar-refractivity contribution < 1.29 is 5.11 Å². The summed E-state index contributed by atoms with van der Waals surface area (Å²) in [5.74, 6) is 0.284. The first kappa shape index (κ1) is 12.9. The molecule has 2 heteroatoms. The highest BCUT2D eigenvalue weighted by Gasteiger charge is 2.07. The van der Waals surface area contributed by atoms with E-state index in [0.717, 1.165) is 26.7 Å². The van der Waals surface area contributed by atoms with Crippen LogP contribution in [0.4, 0.5) is 0 Å². The van der Waals surface area contributed by atoms with E-state index in [1.165, 1.54) is 0 Å². The van der Waals surface area contributed by atoms with Crippen molar-refractivity contribution in [2.24, 2.45) is 0 Å². The van der Waals surface area contributed by atoms with Crippen molar-refractivity contribution in [3.05, 3.63) is 77.3 Å². The minimum absolute atomic E-state index is 0.284. The summed E-state index contributed by atoms with van der Waals surface area (Å²) in [6.45, 7) is 0. The van der Waals surface area contributed by atoms with Gasteiger partial charge in [0, 0.05) is 4.47 Å². The molecule has 0 spiro atoms. The smallest absolute Gasteiger partial charge is 0.116 e. The van der Waals surface area contributed by atoms with Crippen molar-refractivity contribution >= 4 is 15.9 Å². The Morgan fingerprint density at radius 1 is 0.650 bits per heavy atom. The van der Waals surface area contributed by atoms with Gasteiger partial charge in [-0.2, -0.15) is 0 Å². The lowest BCUT2D eigenvalue weighted by Gasteiger charge is -2.10. The molecule has 20 heavy (non-hydrogen) atoms. The summed E-state index contributed by atoms with van der Waals surface area (Å²) in [7, 11) is 0. The van der Waals surface area contributed by atoms with Crippen molar-refractivity contribution in [2.45, 2.75) is 0 Å². The number of halogens is 1. The SMILES string of the molecule is Oc1cccc(-c2ccccc2-c2cccc(Br)c2)c1. The fourth-order valence-corrected chi connectivity index (χ4v) is 2.72. The average molecular weight is 325 g/mol. The molecule has 3 rings (SSSR count). The maximum Gasteiger partial charge on any atom is 0.116 e. The molecule has 0 unspecified atom stereocenters. The van der Waals surface area contributed by atoms with Crippen LogP contribution in [0.5, 0.6) is 5.75 Å². The first-order chi connectivity index (χ1) is 9.74. The Labute approximate surface area is 126 Å². The molecule has 98 valence electrons. The highest BCUT2D eigenvalue weighted by Crippen LogP contribution is 2.34. The molecule has 0 aromatic heterocycles. The number of phenols is 1. The van der Waals surface area contributed by atoms with Gasteiger partial charge in [0.2, 0.25) is 0 Å². The molecule has 1 N–H and O–H groups in total. The summed E-state index contributed by atoms with van der Waals surface area (Å²) in [5, 5.41) is 9.67. The summed E-state index contributed by atoms with van der Waals surface area (Å²) in [4.78, 5) is 0. The van der Waals surface area contributed by atoms with E-state index in [9.17, 15) is 5.11 Å². The molecular weight excluding hydrogens is 312 g/mol. The van der Waals surface area contributed by atoms with Crippen LogP contribution in [0.15, 0.2) is 77.3 Å². The number of benzene rings is 3. The fraction of sp³-hybridized carbons (Fsp3) is 0. The van der Waals surface area contributed by atoms with Gasteiger partial charge in [-0.05, 0) is 46.5 Å². The highest BCUT2D eigenvalue weighted by molar-refractivity contribution is 9.10. The third-order valence-electron chi connectivity index (χ3n) is 3.22. The van der Waals surface area contributed by atoms with E-state index in [-0.39, 0.29) is 5.75 Å². The molecule has 0 saturated heterocycles. The van der Waals surface area contributed by atoms with Crippen molar-refractivity contribution in [2.75, 3.05) is 0 Å². The predicted octanol–water partition coefficient (Wildman–Crippen LogP) is 5.49. The largest absolute Gasteiger partial charge is 0.508 e. The molecule has 0 amide bonds. The lowest BCUT2D eigenvalue weighted by molar-refractivity contribution is 0.475. The van der Waals surface area contributed by atoms with Crippen LogP contribution in [0, 0.1) is 0 Å². The van der Waals surface area contributed by atoms with Crippen LogP contribution in [-0.2, 0) is 0 Å². The Morgan fingerprint density at radius 2 is 1.25 bits per heavy atom. The molecule has 0 aliphatic heterocycles. The van der Waals surface area contributed by atoms with Gasteiger partial charge in [-0.25, -0.2) is 0 Å². The first-order valence-electron chi connectivity index (χ1n) is 6.38. The summed E-state index contributed by atoms with van der Waals surface area (Å²) in [5.41, 5.74) is 4.43. The van der Waals surface area contributed by atoms with Gasteiger partial charge in [-0.3, -0.25) is 0 Å². The van der Waals surface area contributed by atoms with Gasteiger partial charge in [0.15, 0.2) is 0 Å². The van der Waals surface area contributed by atoms with Gasteiger partial charge in [0.05, 0.1) is 0 Å². The zero-order valence-corrected chi connectivity index (χ0v) is 12.3. The fourth-order valence-electron chi connectivity index (χ4n) is 2.32. The molecule has 0 heterocycles. The number of rotatable bonds is 2. The van der Waals surface area contributed by atoms with Crippen molar-refractivity contribution in [1.29, 1.82) is 0 Å². The van der Waals surface area contributed by atoms with Crippen LogP contribution >= 0.6 is 15.9 Å². The predicted molar refractivity (Wildman–Crippen MR) is 86.7 cm³/mol. The third-order valence-corrected chi connectivity index (χ3v) is 3.71. The Bertz CT molecular complexity index is 685. The van der Waals surface area contributed by atoms with Crippen molar-refractivity contribution in [1.82, 2.24) is 0 Å². The second-order valence-corrected chi connectivity index (χ2v) is 5.52. The van der Waals surface area contributed by atoms with Gasteiger partial charge in [-0.1, -0.05) is 64.5 Å². The Morgan fingerprint density at radius 3 is 1.85 bits per heavy atom. The second-order valence-electron chi connectivity index (χ2n) is 4.61. The Hall–Kier alpha value is -2.06. The monoisotopic (exact) mass is 324 g/mol. The highest BCUT2D eigenvalue weighted by atomic mass is 79.9. The van der Waals surface area contributed by atoms with Crippen LogP contribution in [0.3, 0.4) is 0 Å². The van der Waals surface area contributed by atoms with Gasteiger partial charge >= 0.3 is 0 Å². The van der Waals surface area contributed by atoms with Crippen molar-refractivity contribution in [3.8, 4) is 28.0 Å². The minimum Gasteiger partial charge on any atom is -0.508 e. The molecule has 0 atom stereocenters. The zero-order chi connectivity index (χ0) is 13.9. The standard InChI is InChI=1S/C18H13BrO/c19-15-7-3-5-13(11-15)17-9-1-2-10-18(17)14-6-4-8-16(20)12-14/h1-12,20H. The molecule has 0 aliphatic rings. The van der Waals surface area contributed by atoms with Gasteiger partial charge in [0.1, 0.15) is 5.75 Å². The van der Waals surface area contributed by atoms with Gasteiger partial charge in [-0.15, -0.1) is 0 Å². The second kappa shape index (κ2) is 5.51. The first-order valence-corrected chi connectivity index (χ1v) is 7.18. The van der Waals surface area contributed by atoms with Crippen LogP contribution in [0.2, 0.25) is 0 Å². The van der Waals surface area contributed by atoms with Crippen LogP contribution < -0.4 is 0 Å². The average Bonchev–Trinajstić information content (AvgIpc) is 2.47. The van der Waals surface area contributed by atoms with Crippen LogP contribution in [-0.4, -0.2) is 5.11 Å². The lowest BCUT2D eigenvalue weighted by Crippen LogP contribution is -1.85. The number of hydrogen-bond acceptors (Lipinski definition) is 1. The summed E-state index contributed by atoms with van der Waals surface area (Å²) >= 11 is 3.51. The molecule has 3 aromatic carbocycles. The molecular formula is C18H13BrO. The third kappa shape index (κ3) is 2.61. The van der Waals surface area contributed by atoms with E-state index in [0.29, 0.717) is 0 Å². The maximum atomic E-state index is 9.67. The molecule has 0 saturated carbocycles. The quantitative estimate of drug-likeness (QED) is 0.661. The topological polar surface area (TPSA) is 20.2 Å². The molecule has 1 nitrogen and oxygen atoms in total. The maximum absolute atomic E-state index is 9.67. The van der Waals surface area contributed by atoms with Gasteiger partial charge < -0.3 is 5.11 Å². The van der Waals surface area contributed by atoms with E-state index in [2.05, 4.69) is 40.2 Å².